The Kier molecular flexibility index (Phi) is 18.2. The van der Waals surface area contributed by atoms with Crippen molar-refractivity contribution in [2.75, 3.05) is 0 Å². The van der Waals surface area contributed by atoms with Crippen LogP contribution in [0.15, 0.2) is 0 Å². The zero-order valence-corrected chi connectivity index (χ0v) is 18.2. The molecule has 2 N–H and O–H groups in total. The molecule has 7 nitrogen and oxygen atoms in total. The molecule has 0 heterocycles. The number of hydrogen-bond donors (Lipinski definition) is 2. The summed E-state index contributed by atoms with van der Waals surface area (Å²) in [4.78, 5) is 40.0. The number of hydrogen-bond acceptors (Lipinski definition) is 6. The Morgan fingerprint density at radius 1 is 1.12 bits per heavy atom. The van der Waals surface area contributed by atoms with Crippen LogP contribution in [-0.4, -0.2) is 15.1 Å². The van der Waals surface area contributed by atoms with Crippen molar-refractivity contribution < 1.29 is 122 Å². The third kappa shape index (κ3) is 8.32. The Morgan fingerprint density at radius 3 is 1.65 bits per heavy atom. The molecule has 0 rings (SSSR count). The summed E-state index contributed by atoms with van der Waals surface area (Å²) in [7, 11) is -11.4. The van der Waals surface area contributed by atoms with Crippen molar-refractivity contribution in [3.8, 4) is 0 Å². The number of rotatable bonds is 5. The fourth-order valence-electron chi connectivity index (χ4n) is 0.847. The summed E-state index contributed by atoms with van der Waals surface area (Å²) >= 11 is 0. The molecule has 0 amide bonds. The first-order valence-electron chi connectivity index (χ1n) is 3.84. The van der Waals surface area contributed by atoms with Gasteiger partial charge in [0.15, 0.2) is 12.7 Å². The normalized spacial score (nSPS) is 17.5. The second-order valence-electron chi connectivity index (χ2n) is 2.90. The summed E-state index contributed by atoms with van der Waals surface area (Å²) < 4.78 is 21.1. The Balaban J connectivity index is -0.000000282. The summed E-state index contributed by atoms with van der Waals surface area (Å²) in [5, 5.41) is 5.53. The van der Waals surface area contributed by atoms with E-state index in [2.05, 4.69) is 0 Å². The first kappa shape index (κ1) is 28.4. The Labute approximate surface area is 166 Å². The maximum atomic E-state index is 10.6. The molecular weight excluding hydrogens is 303 g/mol. The second-order valence-corrected chi connectivity index (χ2v) is 6.76. The fraction of sp³-hybridized carbons (Fsp3) is 1.00. The van der Waals surface area contributed by atoms with Crippen LogP contribution in [-0.2, 0) is 9.13 Å². The van der Waals surface area contributed by atoms with Gasteiger partial charge in [0.1, 0.15) is 0 Å². The van der Waals surface area contributed by atoms with Crippen molar-refractivity contribution in [3.05, 3.63) is 0 Å². The van der Waals surface area contributed by atoms with E-state index in [1.165, 1.54) is 0 Å². The van der Waals surface area contributed by atoms with E-state index in [0.29, 0.717) is 6.42 Å². The molecule has 0 aliphatic heterocycles. The van der Waals surface area contributed by atoms with Crippen LogP contribution in [0.3, 0.4) is 0 Å². The Morgan fingerprint density at radius 2 is 1.47 bits per heavy atom. The van der Waals surface area contributed by atoms with E-state index >= 15 is 0 Å². The minimum Gasteiger partial charge on any atom is -0.808 e. The molecule has 12 heteroatoms. The molecule has 0 aromatic carbocycles. The van der Waals surface area contributed by atoms with E-state index in [-0.39, 0.29) is 95.1 Å². The molecule has 0 aliphatic rings. The SMILES string of the molecule is CCCCC(O)(P(=O)([O-])[O-])P(=O)([O-])O.[Na+].[Na+].[Na+]. The van der Waals surface area contributed by atoms with Crippen LogP contribution in [0.4, 0.5) is 0 Å². The molecule has 2 atom stereocenters. The summed E-state index contributed by atoms with van der Waals surface area (Å²) in [6.07, 6.45) is -0.439. The van der Waals surface area contributed by atoms with Crippen molar-refractivity contribution in [2.45, 2.75) is 31.3 Å². The van der Waals surface area contributed by atoms with Crippen molar-refractivity contribution >= 4 is 15.2 Å². The van der Waals surface area contributed by atoms with Crippen LogP contribution < -0.4 is 103 Å². The van der Waals surface area contributed by atoms with Gasteiger partial charge >= 0.3 is 88.7 Å². The van der Waals surface area contributed by atoms with Crippen LogP contribution >= 0.6 is 15.2 Å². The van der Waals surface area contributed by atoms with Gasteiger partial charge < -0.3 is 33.8 Å². The third-order valence-corrected chi connectivity index (χ3v) is 5.48. The van der Waals surface area contributed by atoms with Gasteiger partial charge in [-0.25, -0.2) is 0 Å². The molecule has 0 fully saturated rings. The van der Waals surface area contributed by atoms with Gasteiger partial charge in [-0.05, 0) is 20.4 Å². The molecule has 0 aliphatic carbocycles. The van der Waals surface area contributed by atoms with Crippen molar-refractivity contribution in [1.29, 1.82) is 0 Å². The summed E-state index contributed by atoms with van der Waals surface area (Å²) in [5.74, 6) is 0. The zero-order chi connectivity index (χ0) is 11.6. The molecule has 0 aromatic heterocycles. The van der Waals surface area contributed by atoms with Crippen LogP contribution in [0.25, 0.3) is 0 Å². The largest absolute Gasteiger partial charge is 1.00 e. The van der Waals surface area contributed by atoms with Crippen LogP contribution in [0.1, 0.15) is 26.2 Å². The maximum absolute atomic E-state index is 10.6. The van der Waals surface area contributed by atoms with E-state index in [4.69, 9.17) is 10.00 Å². The molecule has 0 spiro atoms. The maximum Gasteiger partial charge on any atom is 1.00 e. The van der Waals surface area contributed by atoms with Crippen LogP contribution in [0.5, 0.6) is 0 Å². The van der Waals surface area contributed by atoms with E-state index in [9.17, 15) is 23.8 Å². The molecule has 2 unspecified atom stereocenters. The topological polar surface area (TPSA) is 144 Å². The predicted octanol–water partition coefficient (Wildman–Crippen LogP) is -10.7. The van der Waals surface area contributed by atoms with Gasteiger partial charge in [-0.15, -0.1) is 0 Å². The first-order chi connectivity index (χ1) is 6.06. The van der Waals surface area contributed by atoms with Crippen LogP contribution in [0.2, 0.25) is 0 Å². The summed E-state index contributed by atoms with van der Waals surface area (Å²) in [6, 6.07) is 0. The zero-order valence-electron chi connectivity index (χ0n) is 10.5. The molecule has 0 saturated heterocycles. The molecule has 0 bridgehead atoms. The van der Waals surface area contributed by atoms with Gasteiger partial charge in [0.25, 0.3) is 0 Å². The second kappa shape index (κ2) is 10.9. The minimum absolute atomic E-state index is 0. The fourth-order valence-corrected chi connectivity index (χ4v) is 2.96. The Hall–Kier alpha value is 3.26. The third-order valence-electron chi connectivity index (χ3n) is 1.76. The van der Waals surface area contributed by atoms with E-state index < -0.39 is 26.7 Å². The van der Waals surface area contributed by atoms with E-state index in [1.807, 2.05) is 0 Å². The van der Waals surface area contributed by atoms with E-state index in [1.54, 1.807) is 6.92 Å². The molecule has 86 valence electrons. The number of aliphatic hydroxyl groups is 1. The van der Waals surface area contributed by atoms with Gasteiger partial charge in [0.05, 0.1) is 0 Å². The average molecular weight is 314 g/mol. The van der Waals surface area contributed by atoms with Crippen molar-refractivity contribution in [2.24, 2.45) is 0 Å². The van der Waals surface area contributed by atoms with Gasteiger partial charge in [0.2, 0.25) is 0 Å². The van der Waals surface area contributed by atoms with E-state index in [0.717, 1.165) is 0 Å². The molecule has 17 heavy (non-hydrogen) atoms. The smallest absolute Gasteiger partial charge is 0.808 e. The molecule has 0 aromatic rings. The molecule has 0 saturated carbocycles. The van der Waals surface area contributed by atoms with Crippen molar-refractivity contribution in [3.63, 3.8) is 0 Å². The van der Waals surface area contributed by atoms with Gasteiger partial charge in [-0.2, -0.15) is 0 Å². The number of unbranched alkanes of at least 4 members (excludes halogenated alkanes) is 1. The molecular formula is C5H11Na3O7P2. The van der Waals surface area contributed by atoms with Gasteiger partial charge in [-0.1, -0.05) is 13.3 Å². The van der Waals surface area contributed by atoms with Gasteiger partial charge in [-0.3, -0.25) is 0 Å². The quantitative estimate of drug-likeness (QED) is 0.379. The van der Waals surface area contributed by atoms with Gasteiger partial charge in [0, 0.05) is 0 Å². The Bertz CT molecular complexity index is 265. The van der Waals surface area contributed by atoms with Crippen molar-refractivity contribution in [1.82, 2.24) is 0 Å². The summed E-state index contributed by atoms with van der Waals surface area (Å²) in [6.45, 7) is 1.61. The summed E-state index contributed by atoms with van der Waals surface area (Å²) in [5.41, 5.74) is 0. The first-order valence-corrected chi connectivity index (χ1v) is 6.96. The average Bonchev–Trinajstić information content (AvgIpc) is 1.95. The predicted molar refractivity (Wildman–Crippen MR) is 41.9 cm³/mol. The minimum atomic E-state index is -5.81. The molecule has 0 radical (unpaired) electrons. The standard InChI is InChI=1S/C5H14O7P2.3Na/c1-2-3-4-5(6,13(7,8)9)14(10,11)12;;;/h6H,2-4H2,1H3,(H2,7,8,9)(H2,10,11,12);;;/q;3*+1/p-3. The van der Waals surface area contributed by atoms with Crippen LogP contribution in [0, 0.1) is 0 Å². The monoisotopic (exact) mass is 314 g/mol.